The second kappa shape index (κ2) is 22.1. The first-order valence-electron chi connectivity index (χ1n) is 9.53. The van der Waals surface area contributed by atoms with Crippen LogP contribution in [0, 0.1) is 19.4 Å². The van der Waals surface area contributed by atoms with Crippen LogP contribution in [-0.2, 0) is 16.1 Å². The smallest absolute Gasteiger partial charge is 0.463 e. The van der Waals surface area contributed by atoms with Crippen molar-refractivity contribution in [2.24, 2.45) is 5.92 Å². The van der Waals surface area contributed by atoms with Crippen molar-refractivity contribution in [1.29, 1.82) is 0 Å². The Morgan fingerprint density at radius 1 is 1.15 bits per heavy atom. The molecule has 1 aromatic carbocycles. The van der Waals surface area contributed by atoms with E-state index in [2.05, 4.69) is 13.0 Å². The van der Waals surface area contributed by atoms with Gasteiger partial charge < -0.3 is 17.1 Å². The fourth-order valence-corrected chi connectivity index (χ4v) is 2.13. The van der Waals surface area contributed by atoms with Gasteiger partial charge in [-0.2, -0.15) is 24.3 Å². The first kappa shape index (κ1) is 34.3. The Balaban J connectivity index is -0.000000301. The van der Waals surface area contributed by atoms with Gasteiger partial charge in [-0.05, 0) is 12.3 Å². The molecule has 5 heteroatoms. The maximum Gasteiger partial charge on any atom is 1.00 e. The average Bonchev–Trinajstić information content (AvgIpc) is 2.64. The monoisotopic (exact) mass is 404 g/mol. The van der Waals surface area contributed by atoms with E-state index < -0.39 is 0 Å². The molecule has 1 saturated heterocycles. The van der Waals surface area contributed by atoms with Crippen molar-refractivity contribution in [3.8, 4) is 0 Å². The largest absolute Gasteiger partial charge is 1.00 e. The van der Waals surface area contributed by atoms with Crippen LogP contribution in [0.5, 0.6) is 0 Å². The van der Waals surface area contributed by atoms with Crippen LogP contribution < -0.4 is 51.4 Å². The second-order valence-electron chi connectivity index (χ2n) is 4.85. The van der Waals surface area contributed by atoms with Gasteiger partial charge in [0.15, 0.2) is 5.91 Å². The molecule has 0 atom stereocenters. The SMILES string of the molecule is CC.CC.CC.CCC1CN(C(=O)c2c[c-]ccc2COC(C)=O)C1.[CH3-].[K+]. The minimum atomic E-state index is -0.346. The van der Waals surface area contributed by atoms with Gasteiger partial charge in [0.25, 0.3) is 0 Å². The van der Waals surface area contributed by atoms with Gasteiger partial charge in [0.1, 0.15) is 0 Å². The predicted molar refractivity (Wildman–Crippen MR) is 111 cm³/mol. The predicted octanol–water partition coefficient (Wildman–Crippen LogP) is 2.56. The molecule has 0 unspecified atom stereocenters. The number of rotatable bonds is 4. The van der Waals surface area contributed by atoms with Crippen molar-refractivity contribution in [2.45, 2.75) is 68.4 Å². The van der Waals surface area contributed by atoms with Crippen LogP contribution >= 0.6 is 0 Å². The zero-order chi connectivity index (χ0) is 19.8. The van der Waals surface area contributed by atoms with E-state index >= 15 is 0 Å². The van der Waals surface area contributed by atoms with Crippen molar-refractivity contribution in [3.05, 3.63) is 42.8 Å². The minimum Gasteiger partial charge on any atom is -0.463 e. The number of nitrogens with zero attached hydrogens (tertiary/aromatic N) is 1. The zero-order valence-corrected chi connectivity index (χ0v) is 22.4. The van der Waals surface area contributed by atoms with Crippen LogP contribution in [-0.4, -0.2) is 29.9 Å². The molecule has 0 bridgehead atoms. The third kappa shape index (κ3) is 12.8. The van der Waals surface area contributed by atoms with Gasteiger partial charge in [0.05, 0.1) is 6.61 Å². The van der Waals surface area contributed by atoms with Gasteiger partial charge in [0.2, 0.25) is 0 Å². The number of likely N-dealkylation sites (tertiary alicyclic amines) is 1. The summed E-state index contributed by atoms with van der Waals surface area (Å²) in [4.78, 5) is 25.0. The third-order valence-corrected chi connectivity index (χ3v) is 3.44. The van der Waals surface area contributed by atoms with E-state index in [1.807, 2.05) is 46.4 Å². The van der Waals surface area contributed by atoms with Crippen LogP contribution in [0.3, 0.4) is 0 Å². The van der Waals surface area contributed by atoms with Gasteiger partial charge in [0, 0.05) is 20.0 Å². The van der Waals surface area contributed by atoms with Crippen LogP contribution in [0.25, 0.3) is 0 Å². The average molecular weight is 405 g/mol. The molecule has 2 rings (SSSR count). The number of esters is 1. The topological polar surface area (TPSA) is 46.6 Å². The molecule has 1 amide bonds. The molecule has 0 saturated carbocycles. The van der Waals surface area contributed by atoms with Gasteiger partial charge in [-0.3, -0.25) is 9.59 Å². The summed E-state index contributed by atoms with van der Waals surface area (Å²) in [5.41, 5.74) is 1.32. The first-order valence-corrected chi connectivity index (χ1v) is 9.53. The van der Waals surface area contributed by atoms with Crippen molar-refractivity contribution in [1.82, 2.24) is 4.90 Å². The molecule has 1 aromatic rings. The number of hydrogen-bond acceptors (Lipinski definition) is 3. The van der Waals surface area contributed by atoms with Crippen LogP contribution in [0.2, 0.25) is 0 Å². The molecular formula is C22H39KNO3-. The maximum atomic E-state index is 12.3. The fourth-order valence-electron chi connectivity index (χ4n) is 2.13. The summed E-state index contributed by atoms with van der Waals surface area (Å²) in [7, 11) is 0. The van der Waals surface area contributed by atoms with E-state index in [1.54, 1.807) is 18.2 Å². The molecule has 1 aliphatic rings. The fraction of sp³-hybridized carbons (Fsp3) is 0.591. The quantitative estimate of drug-likeness (QED) is 0.440. The summed E-state index contributed by atoms with van der Waals surface area (Å²) in [6.45, 7) is 17.3. The van der Waals surface area contributed by atoms with E-state index in [0.29, 0.717) is 11.5 Å². The zero-order valence-electron chi connectivity index (χ0n) is 19.3. The number of ether oxygens (including phenoxy) is 1. The molecule has 0 aliphatic carbocycles. The maximum absolute atomic E-state index is 12.3. The number of benzene rings is 1. The molecule has 1 aliphatic heterocycles. The molecule has 4 nitrogen and oxygen atoms in total. The Morgan fingerprint density at radius 3 is 2.11 bits per heavy atom. The summed E-state index contributed by atoms with van der Waals surface area (Å²) < 4.78 is 4.97. The van der Waals surface area contributed by atoms with Crippen molar-refractivity contribution >= 4 is 11.9 Å². The van der Waals surface area contributed by atoms with E-state index in [1.165, 1.54) is 6.92 Å². The standard InChI is InChI=1S/C15H18NO3.3C2H6.CH3.K/c1-3-12-8-16(9-12)15(18)14-7-5-4-6-13(14)10-19-11(2)17;3*1-2;;/h4,6-7,12H,3,8-10H2,1-2H3;3*1-2H3;1H3;/q-1;;;;-1;+1. The van der Waals surface area contributed by atoms with Crippen LogP contribution in [0.15, 0.2) is 18.2 Å². The summed E-state index contributed by atoms with van der Waals surface area (Å²) in [5.74, 6) is 0.276. The van der Waals surface area contributed by atoms with E-state index in [0.717, 1.165) is 25.1 Å². The van der Waals surface area contributed by atoms with Gasteiger partial charge >= 0.3 is 57.4 Å². The molecule has 152 valence electrons. The second-order valence-corrected chi connectivity index (χ2v) is 4.85. The Hall–Kier alpha value is -0.204. The molecular weight excluding hydrogens is 365 g/mol. The number of hydrogen-bond donors (Lipinski definition) is 0. The van der Waals surface area contributed by atoms with Crippen LogP contribution in [0.1, 0.15) is 77.7 Å². The minimum absolute atomic E-state index is 0. The molecule has 0 spiro atoms. The number of carbonyl (C=O) groups is 2. The summed E-state index contributed by atoms with van der Waals surface area (Å²) in [5, 5.41) is 0. The summed E-state index contributed by atoms with van der Waals surface area (Å²) >= 11 is 0. The van der Waals surface area contributed by atoms with Crippen molar-refractivity contribution in [3.63, 3.8) is 0 Å². The van der Waals surface area contributed by atoms with Gasteiger partial charge in [-0.1, -0.05) is 54.0 Å². The number of carbonyl (C=O) groups excluding carboxylic acids is 2. The summed E-state index contributed by atoms with van der Waals surface area (Å²) in [6.07, 6.45) is 1.10. The number of amides is 1. The molecule has 0 radical (unpaired) electrons. The Morgan fingerprint density at radius 2 is 1.67 bits per heavy atom. The van der Waals surface area contributed by atoms with E-state index in [4.69, 9.17) is 4.74 Å². The van der Waals surface area contributed by atoms with E-state index in [-0.39, 0.29) is 77.3 Å². The molecule has 27 heavy (non-hydrogen) atoms. The van der Waals surface area contributed by atoms with Gasteiger partial charge in [-0.15, -0.1) is 5.56 Å². The molecule has 1 fully saturated rings. The molecule has 0 aromatic heterocycles. The first-order chi connectivity index (χ1) is 12.1. The Kier molecular flexibility index (Phi) is 28.1. The van der Waals surface area contributed by atoms with E-state index in [9.17, 15) is 9.59 Å². The molecule has 0 N–H and O–H groups in total. The van der Waals surface area contributed by atoms with Crippen molar-refractivity contribution < 1.29 is 65.7 Å². The Bertz CT molecular complexity index is 486. The third-order valence-electron chi connectivity index (χ3n) is 3.44. The van der Waals surface area contributed by atoms with Crippen LogP contribution in [0.4, 0.5) is 0 Å². The Labute approximate surface area is 210 Å². The summed E-state index contributed by atoms with van der Waals surface area (Å²) in [6, 6.07) is 8.07. The van der Waals surface area contributed by atoms with Crippen molar-refractivity contribution in [2.75, 3.05) is 13.1 Å². The van der Waals surface area contributed by atoms with Gasteiger partial charge in [-0.25, -0.2) is 0 Å². The normalized spacial score (nSPS) is 11.2. The molecule has 1 heterocycles.